The molecule has 3 rings (SSSR count). The molecule has 1 fully saturated rings. The molecule has 1 aliphatic heterocycles. The number of ether oxygens (including phenoxy) is 2. The molecule has 0 unspecified atom stereocenters. The lowest BCUT2D eigenvalue weighted by atomic mass is 10.2. The van der Waals surface area contributed by atoms with Gasteiger partial charge in [0.2, 0.25) is 0 Å². The Bertz CT molecular complexity index is 1020. The average Bonchev–Trinajstić information content (AvgIpc) is 3.14. The fourth-order valence-corrected chi connectivity index (χ4v) is 4.37. The Morgan fingerprint density at radius 3 is 2.96 bits per heavy atom. The summed E-state index contributed by atoms with van der Waals surface area (Å²) < 4.78 is 70.4. The van der Waals surface area contributed by atoms with Crippen LogP contribution in [0.15, 0.2) is 41.4 Å². The van der Waals surface area contributed by atoms with Gasteiger partial charge in [-0.3, -0.25) is 4.79 Å². The van der Waals surface area contributed by atoms with Crippen molar-refractivity contribution in [3.05, 3.63) is 47.9 Å². The van der Waals surface area contributed by atoms with Crippen LogP contribution < -0.4 is 10.1 Å². The molecular weight excluding hydrogens is 375 g/mol. The maximum absolute atomic E-state index is 13.0. The van der Waals surface area contributed by atoms with Gasteiger partial charge in [-0.1, -0.05) is 0 Å². The molecule has 27 heavy (non-hydrogen) atoms. The number of aromatic nitrogens is 1. The number of carbonyl (C=O) groups excluding carboxylic acids is 1. The molecule has 0 aliphatic carbocycles. The van der Waals surface area contributed by atoms with E-state index in [1.807, 2.05) is 0 Å². The lowest BCUT2D eigenvalue weighted by Crippen LogP contribution is -2.18. The highest BCUT2D eigenvalue weighted by Gasteiger charge is 2.26. The Balaban J connectivity index is 1.93. The predicted octanol–water partition coefficient (Wildman–Crippen LogP) is 2.29. The first-order valence-electron chi connectivity index (χ1n) is 9.60. The van der Waals surface area contributed by atoms with E-state index >= 15 is 0 Å². The van der Waals surface area contributed by atoms with Crippen LogP contribution in [0.25, 0.3) is 0 Å². The molecule has 1 amide bonds. The van der Waals surface area contributed by atoms with Gasteiger partial charge in [0.05, 0.1) is 40.2 Å². The van der Waals surface area contributed by atoms with Crippen LogP contribution >= 0.6 is 0 Å². The fourth-order valence-electron chi connectivity index (χ4n) is 2.72. The van der Waals surface area contributed by atoms with E-state index in [9.17, 15) is 17.6 Å². The molecule has 1 aromatic carbocycles. The second-order valence-electron chi connectivity index (χ2n) is 6.09. The smallest absolute Gasteiger partial charge is 0.260 e. The first-order valence-corrected chi connectivity index (χ1v) is 9.75. The zero-order valence-electron chi connectivity index (χ0n) is 17.1. The number of nitrogens with one attached hydrogen (secondary N) is 1. The van der Waals surface area contributed by atoms with Gasteiger partial charge in [0.1, 0.15) is 17.4 Å². The van der Waals surface area contributed by atoms with E-state index in [0.29, 0.717) is 19.6 Å². The van der Waals surface area contributed by atoms with Crippen LogP contribution in [-0.4, -0.2) is 45.3 Å². The summed E-state index contributed by atoms with van der Waals surface area (Å²) in [6.07, 6.45) is 1.50. The van der Waals surface area contributed by atoms with Crippen molar-refractivity contribution in [2.75, 3.05) is 31.3 Å². The largest absolute Gasteiger partial charge is 0.496 e. The maximum Gasteiger partial charge on any atom is 0.260 e. The monoisotopic (exact) mass is 397 g/mol. The summed E-state index contributed by atoms with van der Waals surface area (Å²) in [5.41, 5.74) is -0.305. The van der Waals surface area contributed by atoms with Gasteiger partial charge < -0.3 is 14.8 Å². The molecule has 1 saturated heterocycles. The number of anilines is 1. The zero-order valence-corrected chi connectivity index (χ0v) is 15.0. The molecule has 1 aliphatic rings. The van der Waals surface area contributed by atoms with Crippen LogP contribution in [0, 0.1) is 11.7 Å². The van der Waals surface area contributed by atoms with Gasteiger partial charge in [-0.25, -0.2) is 17.8 Å². The Morgan fingerprint density at radius 1 is 1.44 bits per heavy atom. The van der Waals surface area contributed by atoms with E-state index < -0.39 is 28.6 Å². The minimum Gasteiger partial charge on any atom is -0.496 e. The Labute approximate surface area is 160 Å². The van der Waals surface area contributed by atoms with Crippen LogP contribution in [-0.2, 0) is 14.6 Å². The summed E-state index contributed by atoms with van der Waals surface area (Å²) in [6, 6.07) is 5.66. The molecule has 1 aromatic heterocycles. The van der Waals surface area contributed by atoms with Gasteiger partial charge >= 0.3 is 0 Å². The second kappa shape index (κ2) is 8.01. The summed E-state index contributed by atoms with van der Waals surface area (Å²) in [6.45, 7) is 0.826. The SMILES string of the molecule is [2H]C([2H])([2H])Oc1ccc(S(=O)(=O)C[C@H]2CCOC2)cc1C(=O)Nc1ccc(F)cn1. The van der Waals surface area contributed by atoms with Gasteiger partial charge in [-0.2, -0.15) is 0 Å². The molecule has 144 valence electrons. The second-order valence-corrected chi connectivity index (χ2v) is 8.12. The molecule has 1 atom stereocenters. The van der Waals surface area contributed by atoms with E-state index in [0.717, 1.165) is 24.4 Å². The van der Waals surface area contributed by atoms with E-state index in [1.165, 1.54) is 12.1 Å². The van der Waals surface area contributed by atoms with E-state index in [2.05, 4.69) is 10.3 Å². The Hall–Kier alpha value is -2.52. The number of sulfone groups is 1. The molecule has 2 heterocycles. The molecular formula is C18H19FN2O5S. The van der Waals surface area contributed by atoms with Gasteiger partial charge in [-0.15, -0.1) is 0 Å². The van der Waals surface area contributed by atoms with Gasteiger partial charge in [0.25, 0.3) is 5.91 Å². The number of rotatable bonds is 6. The van der Waals surface area contributed by atoms with Crippen molar-refractivity contribution in [2.24, 2.45) is 5.92 Å². The number of benzene rings is 1. The fraction of sp³-hybridized carbons (Fsp3) is 0.333. The van der Waals surface area contributed by atoms with E-state index in [1.54, 1.807) is 0 Å². The molecule has 0 saturated carbocycles. The Kier molecular flexibility index (Phi) is 4.61. The first-order chi connectivity index (χ1) is 14.0. The van der Waals surface area contributed by atoms with Gasteiger partial charge in [0.15, 0.2) is 9.84 Å². The highest BCUT2D eigenvalue weighted by atomic mass is 32.2. The van der Waals surface area contributed by atoms with Crippen molar-refractivity contribution < 1.29 is 31.2 Å². The maximum atomic E-state index is 13.0. The number of hydrogen-bond donors (Lipinski definition) is 1. The van der Waals surface area contributed by atoms with Crippen molar-refractivity contribution in [1.29, 1.82) is 0 Å². The minimum atomic E-state index is -3.76. The van der Waals surface area contributed by atoms with Crippen molar-refractivity contribution in [3.8, 4) is 5.75 Å². The number of halogens is 1. The van der Waals surface area contributed by atoms with Crippen LogP contribution in [0.2, 0.25) is 0 Å². The van der Waals surface area contributed by atoms with Crippen LogP contribution in [0.4, 0.5) is 10.2 Å². The quantitative estimate of drug-likeness (QED) is 0.804. The third kappa shape index (κ3) is 4.61. The topological polar surface area (TPSA) is 94.6 Å². The molecule has 0 bridgehead atoms. The molecule has 2 aromatic rings. The number of pyridine rings is 1. The summed E-state index contributed by atoms with van der Waals surface area (Å²) >= 11 is 0. The van der Waals surface area contributed by atoms with E-state index in [4.69, 9.17) is 13.6 Å². The number of nitrogens with zero attached hydrogens (tertiary/aromatic N) is 1. The van der Waals surface area contributed by atoms with E-state index in [-0.39, 0.29) is 33.7 Å². The zero-order chi connectivity index (χ0) is 21.9. The number of carbonyl (C=O) groups is 1. The molecule has 1 N–H and O–H groups in total. The highest BCUT2D eigenvalue weighted by molar-refractivity contribution is 7.91. The molecule has 9 heteroatoms. The minimum absolute atomic E-state index is 0.00222. The van der Waals surface area contributed by atoms with Crippen molar-refractivity contribution in [2.45, 2.75) is 11.3 Å². The third-order valence-corrected chi connectivity index (χ3v) is 6.00. The number of amides is 1. The third-order valence-electron chi connectivity index (χ3n) is 4.11. The number of hydrogen-bond acceptors (Lipinski definition) is 6. The molecule has 0 spiro atoms. The summed E-state index contributed by atoms with van der Waals surface area (Å²) in [5, 5.41) is 2.37. The highest BCUT2D eigenvalue weighted by Crippen LogP contribution is 2.26. The summed E-state index contributed by atoms with van der Waals surface area (Å²) in [4.78, 5) is 16.3. The number of methoxy groups -OCH3 is 1. The predicted molar refractivity (Wildman–Crippen MR) is 96.1 cm³/mol. The summed E-state index contributed by atoms with van der Waals surface area (Å²) in [7, 11) is -6.62. The summed E-state index contributed by atoms with van der Waals surface area (Å²) in [5.74, 6) is -2.10. The van der Waals surface area contributed by atoms with Crippen molar-refractivity contribution in [1.82, 2.24) is 4.98 Å². The van der Waals surface area contributed by atoms with Crippen molar-refractivity contribution >= 4 is 21.6 Å². The van der Waals surface area contributed by atoms with Gasteiger partial charge in [-0.05, 0) is 42.7 Å². The lowest BCUT2D eigenvalue weighted by Gasteiger charge is -2.13. The average molecular weight is 397 g/mol. The van der Waals surface area contributed by atoms with Crippen LogP contribution in [0.5, 0.6) is 5.75 Å². The standard InChI is InChI=1S/C18H19FN2O5S/c1-25-16-4-3-14(27(23,24)11-12-6-7-26-10-12)8-15(16)18(22)21-17-5-2-13(19)9-20-17/h2-5,8-9,12H,6-7,10-11H2,1H3,(H,20,21,22)/t12-/m0/s1/i1D3. The lowest BCUT2D eigenvalue weighted by molar-refractivity contribution is 0.102. The van der Waals surface area contributed by atoms with Crippen molar-refractivity contribution in [3.63, 3.8) is 0 Å². The normalized spacial score (nSPS) is 19.0. The molecule has 7 nitrogen and oxygen atoms in total. The first kappa shape index (κ1) is 15.5. The Morgan fingerprint density at radius 2 is 2.30 bits per heavy atom. The van der Waals surface area contributed by atoms with Crippen LogP contribution in [0.3, 0.4) is 0 Å². The van der Waals surface area contributed by atoms with Crippen LogP contribution in [0.1, 0.15) is 20.9 Å². The van der Waals surface area contributed by atoms with Gasteiger partial charge in [0, 0.05) is 6.61 Å². The molecule has 0 radical (unpaired) electrons.